The van der Waals surface area contributed by atoms with E-state index in [1.165, 1.54) is 4.68 Å². The van der Waals surface area contributed by atoms with Crippen LogP contribution in [0, 0.1) is 17.0 Å². The number of alkyl halides is 2. The number of halogens is 2. The third-order valence-electron chi connectivity index (χ3n) is 4.98. The summed E-state index contributed by atoms with van der Waals surface area (Å²) in [5, 5.41) is 24.1. The first-order chi connectivity index (χ1) is 16.5. The lowest BCUT2D eigenvalue weighted by molar-refractivity contribution is -0.386. The summed E-state index contributed by atoms with van der Waals surface area (Å²) in [5.41, 5.74) is 4.66. The molecular weight excluding hydrogens is 490 g/mol. The van der Waals surface area contributed by atoms with Crippen molar-refractivity contribution >= 4 is 44.7 Å². The van der Waals surface area contributed by atoms with Gasteiger partial charge in [-0.05, 0) is 18.6 Å². The van der Waals surface area contributed by atoms with Gasteiger partial charge in [0.1, 0.15) is 15.4 Å². The second-order valence-corrected chi connectivity index (χ2v) is 8.21. The summed E-state index contributed by atoms with van der Waals surface area (Å²) < 4.78 is 33.5. The molecule has 0 spiro atoms. The SMILES string of the molecule is COc1n[nH]c(C(=O)Nc2c(C(N)=O)sc3nc(C(F)F)cc(-c4cn(C)nc4C)c23)c1[N+](=O)[O-]. The highest BCUT2D eigenvalue weighted by Crippen LogP contribution is 2.43. The number of primary amides is 1. The number of aryl methyl sites for hydroxylation is 2. The highest BCUT2D eigenvalue weighted by atomic mass is 32.1. The molecule has 16 heteroatoms. The van der Waals surface area contributed by atoms with Gasteiger partial charge in [-0.15, -0.1) is 16.4 Å². The van der Waals surface area contributed by atoms with E-state index in [0.717, 1.165) is 13.2 Å². The summed E-state index contributed by atoms with van der Waals surface area (Å²) in [4.78, 5) is 39.6. The van der Waals surface area contributed by atoms with E-state index in [0.29, 0.717) is 22.6 Å². The zero-order chi connectivity index (χ0) is 25.6. The van der Waals surface area contributed by atoms with Crippen molar-refractivity contribution in [2.24, 2.45) is 12.8 Å². The molecule has 0 bridgehead atoms. The van der Waals surface area contributed by atoms with Crippen molar-refractivity contribution in [2.75, 3.05) is 12.4 Å². The fourth-order valence-electron chi connectivity index (χ4n) is 3.56. The molecule has 0 aromatic carbocycles. The Hall–Kier alpha value is -4.47. The number of nitrogens with one attached hydrogen (secondary N) is 2. The molecule has 35 heavy (non-hydrogen) atoms. The minimum absolute atomic E-state index is 0.00171. The average molecular weight is 506 g/mol. The first-order valence-corrected chi connectivity index (χ1v) is 10.5. The van der Waals surface area contributed by atoms with Crippen LogP contribution in [0.4, 0.5) is 20.2 Å². The van der Waals surface area contributed by atoms with Gasteiger partial charge < -0.3 is 15.8 Å². The fourth-order valence-corrected chi connectivity index (χ4v) is 4.58. The summed E-state index contributed by atoms with van der Waals surface area (Å²) in [5.74, 6) is -2.44. The summed E-state index contributed by atoms with van der Waals surface area (Å²) in [6.45, 7) is 1.66. The number of carbonyl (C=O) groups excluding carboxylic acids is 2. The molecule has 0 aliphatic carbocycles. The van der Waals surface area contributed by atoms with Crippen molar-refractivity contribution in [3.63, 3.8) is 0 Å². The summed E-state index contributed by atoms with van der Waals surface area (Å²) in [7, 11) is 2.77. The minimum Gasteiger partial charge on any atom is -0.475 e. The molecule has 4 heterocycles. The Bertz CT molecular complexity index is 1510. The van der Waals surface area contributed by atoms with Crippen molar-refractivity contribution in [1.82, 2.24) is 25.0 Å². The van der Waals surface area contributed by atoms with Crippen LogP contribution in [0.15, 0.2) is 12.3 Å². The third kappa shape index (κ3) is 4.03. The number of ether oxygens (including phenoxy) is 1. The number of rotatable bonds is 7. The second kappa shape index (κ2) is 8.71. The molecule has 0 aliphatic rings. The van der Waals surface area contributed by atoms with Crippen LogP contribution in [-0.4, -0.2) is 48.8 Å². The molecule has 4 rings (SSSR count). The Labute approximate surface area is 198 Å². The van der Waals surface area contributed by atoms with Crippen molar-refractivity contribution in [3.8, 4) is 17.0 Å². The quantitative estimate of drug-likeness (QED) is 0.252. The van der Waals surface area contributed by atoms with E-state index in [2.05, 4.69) is 25.6 Å². The van der Waals surface area contributed by atoms with Gasteiger partial charge in [-0.1, -0.05) is 0 Å². The van der Waals surface area contributed by atoms with Crippen LogP contribution >= 0.6 is 11.3 Å². The van der Waals surface area contributed by atoms with Gasteiger partial charge in [0.2, 0.25) is 5.69 Å². The number of nitrogens with two attached hydrogens (primary N) is 1. The van der Waals surface area contributed by atoms with Gasteiger partial charge in [0, 0.05) is 24.2 Å². The van der Waals surface area contributed by atoms with Crippen molar-refractivity contribution in [2.45, 2.75) is 13.3 Å². The van der Waals surface area contributed by atoms with Crippen LogP contribution in [-0.2, 0) is 7.05 Å². The molecular formula is C19H16F2N8O5S. The van der Waals surface area contributed by atoms with Gasteiger partial charge in [-0.2, -0.15) is 5.10 Å². The number of thiophene rings is 1. The number of carbonyl (C=O) groups is 2. The highest BCUT2D eigenvalue weighted by Gasteiger charge is 2.32. The number of H-pyrrole nitrogens is 1. The Kier molecular flexibility index (Phi) is 5.89. The van der Waals surface area contributed by atoms with E-state index < -0.39 is 46.1 Å². The lowest BCUT2D eigenvalue weighted by atomic mass is 10.0. The van der Waals surface area contributed by atoms with E-state index >= 15 is 0 Å². The lowest BCUT2D eigenvalue weighted by Crippen LogP contribution is -2.18. The Balaban J connectivity index is 1.97. The molecule has 182 valence electrons. The van der Waals surface area contributed by atoms with Crippen LogP contribution in [0.1, 0.15) is 38.0 Å². The number of nitro groups is 1. The summed E-state index contributed by atoms with van der Waals surface area (Å²) in [6, 6.07) is 1.13. The number of pyridine rings is 1. The van der Waals surface area contributed by atoms with Crippen LogP contribution in [0.3, 0.4) is 0 Å². The molecule has 4 aromatic rings. The number of nitrogens with zero attached hydrogens (tertiary/aromatic N) is 5. The number of anilines is 1. The maximum Gasteiger partial charge on any atom is 0.362 e. The third-order valence-corrected chi connectivity index (χ3v) is 6.08. The molecule has 4 N–H and O–H groups in total. The summed E-state index contributed by atoms with van der Waals surface area (Å²) in [6.07, 6.45) is -1.34. The van der Waals surface area contributed by atoms with E-state index in [1.54, 1.807) is 20.2 Å². The molecule has 0 aliphatic heterocycles. The van der Waals surface area contributed by atoms with Gasteiger partial charge in [-0.3, -0.25) is 29.5 Å². The molecule has 0 saturated carbocycles. The van der Waals surface area contributed by atoms with E-state index in [9.17, 15) is 28.5 Å². The van der Waals surface area contributed by atoms with Crippen LogP contribution in [0.25, 0.3) is 21.3 Å². The first-order valence-electron chi connectivity index (χ1n) is 9.67. The number of aromatic nitrogens is 5. The molecule has 0 saturated heterocycles. The standard InChI is InChI=1S/C19H16F2N8O5S/c1-6-8(5-28(2)27-6)7-4-9(15(20)21)23-19-10(7)11(14(35-19)16(22)30)24-17(31)12-13(29(32)33)18(34-3)26-25-12/h4-5,15H,1-3H3,(H2,22,30)(H,24,31)(H,25,26). The van der Waals surface area contributed by atoms with Crippen LogP contribution in [0.5, 0.6) is 5.88 Å². The zero-order valence-electron chi connectivity index (χ0n) is 18.3. The smallest absolute Gasteiger partial charge is 0.362 e. The fraction of sp³-hybridized carbons (Fsp3) is 0.211. The van der Waals surface area contributed by atoms with Crippen molar-refractivity contribution < 1.29 is 28.0 Å². The number of hydrogen-bond acceptors (Lipinski definition) is 9. The van der Waals surface area contributed by atoms with Gasteiger partial charge in [0.25, 0.3) is 18.2 Å². The van der Waals surface area contributed by atoms with Gasteiger partial charge in [0.05, 0.1) is 23.4 Å². The molecule has 4 aromatic heterocycles. The second-order valence-electron chi connectivity index (χ2n) is 7.22. The molecule has 13 nitrogen and oxygen atoms in total. The Morgan fingerprint density at radius 2 is 2.09 bits per heavy atom. The number of methoxy groups -OCH3 is 1. The molecule has 0 unspecified atom stereocenters. The zero-order valence-corrected chi connectivity index (χ0v) is 19.1. The van der Waals surface area contributed by atoms with E-state index in [4.69, 9.17) is 10.5 Å². The van der Waals surface area contributed by atoms with Crippen molar-refractivity contribution in [1.29, 1.82) is 0 Å². The molecule has 0 radical (unpaired) electrons. The van der Waals surface area contributed by atoms with Crippen LogP contribution in [0.2, 0.25) is 0 Å². The first kappa shape index (κ1) is 23.7. The summed E-state index contributed by atoms with van der Waals surface area (Å²) >= 11 is 0.697. The van der Waals surface area contributed by atoms with E-state index in [1.807, 2.05) is 0 Å². The lowest BCUT2D eigenvalue weighted by Gasteiger charge is -2.10. The number of fused-ring (bicyclic) bond motifs is 1. The molecule has 0 atom stereocenters. The van der Waals surface area contributed by atoms with Gasteiger partial charge in [0.15, 0.2) is 0 Å². The van der Waals surface area contributed by atoms with E-state index in [-0.39, 0.29) is 26.3 Å². The number of amides is 2. The largest absolute Gasteiger partial charge is 0.475 e. The maximum atomic E-state index is 13.6. The van der Waals surface area contributed by atoms with Gasteiger partial charge in [-0.25, -0.2) is 13.8 Å². The highest BCUT2D eigenvalue weighted by molar-refractivity contribution is 7.21. The predicted octanol–water partition coefficient (Wildman–Crippen LogP) is 2.93. The Morgan fingerprint density at radius 3 is 2.63 bits per heavy atom. The predicted molar refractivity (Wildman–Crippen MR) is 120 cm³/mol. The van der Waals surface area contributed by atoms with Crippen molar-refractivity contribution in [3.05, 3.63) is 44.3 Å². The average Bonchev–Trinajstić information content (AvgIpc) is 3.47. The minimum atomic E-state index is -2.92. The Morgan fingerprint density at radius 1 is 1.37 bits per heavy atom. The monoisotopic (exact) mass is 506 g/mol. The molecule has 2 amide bonds. The van der Waals surface area contributed by atoms with Gasteiger partial charge >= 0.3 is 11.6 Å². The van der Waals surface area contributed by atoms with Crippen LogP contribution < -0.4 is 15.8 Å². The maximum absolute atomic E-state index is 13.6. The molecule has 0 fully saturated rings. The number of aromatic amines is 1. The normalized spacial score (nSPS) is 11.3. The number of hydrogen-bond donors (Lipinski definition) is 3. The topological polar surface area (TPSA) is 184 Å².